The van der Waals surface area contributed by atoms with Crippen molar-refractivity contribution in [2.45, 2.75) is 33.2 Å². The zero-order valence-corrected chi connectivity index (χ0v) is 18.6. The van der Waals surface area contributed by atoms with E-state index < -0.39 is 36.3 Å². The Labute approximate surface area is 191 Å². The lowest BCUT2D eigenvalue weighted by Crippen LogP contribution is -2.46. The van der Waals surface area contributed by atoms with E-state index in [0.29, 0.717) is 11.4 Å². The number of nitrogens with zero attached hydrogens (tertiary/aromatic N) is 1. The number of carbonyl (C=O) groups is 5. The number of esters is 1. The van der Waals surface area contributed by atoms with Gasteiger partial charge in [0.2, 0.25) is 5.91 Å². The molecule has 9 heteroatoms. The standard InChI is InChI=1S/C24H25N3O6/c1-14(2)12-20(27-22(30)18-6-4-5-7-19(18)23(27)31)24(32)33-13-21(29)26-17-10-8-16(9-11-17)25-15(3)28/h4-11,14,20H,12-13H2,1-3H3,(H,25,28)(H,26,29)/t20-/m1/s1. The third-order valence-electron chi connectivity index (χ3n) is 4.94. The number of imide groups is 1. The maximum atomic E-state index is 12.8. The summed E-state index contributed by atoms with van der Waals surface area (Å²) in [6.45, 7) is 4.52. The van der Waals surface area contributed by atoms with E-state index in [-0.39, 0.29) is 29.4 Å². The first kappa shape index (κ1) is 23.6. The summed E-state index contributed by atoms with van der Waals surface area (Å²) in [7, 11) is 0. The van der Waals surface area contributed by atoms with Crippen molar-refractivity contribution in [1.82, 2.24) is 4.90 Å². The third kappa shape index (κ3) is 5.62. The lowest BCUT2D eigenvalue weighted by atomic mass is 10.0. The van der Waals surface area contributed by atoms with E-state index >= 15 is 0 Å². The van der Waals surface area contributed by atoms with Crippen LogP contribution in [-0.2, 0) is 19.1 Å². The highest BCUT2D eigenvalue weighted by Crippen LogP contribution is 2.27. The molecule has 0 unspecified atom stereocenters. The molecule has 0 bridgehead atoms. The summed E-state index contributed by atoms with van der Waals surface area (Å²) in [4.78, 5) is 62.7. The quantitative estimate of drug-likeness (QED) is 0.470. The van der Waals surface area contributed by atoms with Crippen LogP contribution in [0.2, 0.25) is 0 Å². The molecule has 2 aromatic carbocycles. The molecule has 1 heterocycles. The van der Waals surface area contributed by atoms with Gasteiger partial charge in [0, 0.05) is 18.3 Å². The third-order valence-corrected chi connectivity index (χ3v) is 4.94. The van der Waals surface area contributed by atoms with Crippen LogP contribution in [0.1, 0.15) is 47.9 Å². The normalized spacial score (nSPS) is 13.5. The van der Waals surface area contributed by atoms with Crippen LogP contribution in [0, 0.1) is 5.92 Å². The molecule has 2 aromatic rings. The SMILES string of the molecule is CC(=O)Nc1ccc(NC(=O)COC(=O)[C@@H](CC(C)C)N2C(=O)c3ccccc3C2=O)cc1. The van der Waals surface area contributed by atoms with Gasteiger partial charge in [-0.1, -0.05) is 26.0 Å². The molecule has 0 spiro atoms. The van der Waals surface area contributed by atoms with Crippen molar-refractivity contribution in [1.29, 1.82) is 0 Å². The van der Waals surface area contributed by atoms with Gasteiger partial charge in [-0.05, 0) is 48.7 Å². The average Bonchev–Trinajstić information content (AvgIpc) is 3.01. The van der Waals surface area contributed by atoms with E-state index in [1.807, 2.05) is 13.8 Å². The van der Waals surface area contributed by atoms with Crippen LogP contribution in [0.15, 0.2) is 48.5 Å². The van der Waals surface area contributed by atoms with Crippen LogP contribution >= 0.6 is 0 Å². The van der Waals surface area contributed by atoms with E-state index in [4.69, 9.17) is 4.74 Å². The molecule has 1 aliphatic heterocycles. The molecule has 0 saturated carbocycles. The average molecular weight is 451 g/mol. The van der Waals surface area contributed by atoms with Gasteiger partial charge in [-0.15, -0.1) is 0 Å². The van der Waals surface area contributed by atoms with Crippen molar-refractivity contribution in [3.63, 3.8) is 0 Å². The Morgan fingerprint density at radius 1 is 0.879 bits per heavy atom. The first-order valence-corrected chi connectivity index (χ1v) is 10.5. The zero-order valence-electron chi connectivity index (χ0n) is 18.6. The Kier molecular flexibility index (Phi) is 7.22. The Morgan fingerprint density at radius 2 is 1.39 bits per heavy atom. The molecule has 2 N–H and O–H groups in total. The van der Waals surface area contributed by atoms with E-state index in [2.05, 4.69) is 10.6 Å². The van der Waals surface area contributed by atoms with E-state index in [9.17, 15) is 24.0 Å². The fourth-order valence-corrected chi connectivity index (χ4v) is 3.51. The summed E-state index contributed by atoms with van der Waals surface area (Å²) in [5.41, 5.74) is 1.50. The maximum Gasteiger partial charge on any atom is 0.329 e. The lowest BCUT2D eigenvalue weighted by molar-refractivity contribution is -0.151. The van der Waals surface area contributed by atoms with Gasteiger partial charge >= 0.3 is 5.97 Å². The number of amides is 4. The molecule has 4 amide bonds. The minimum absolute atomic E-state index is 0.0113. The number of carbonyl (C=O) groups excluding carboxylic acids is 5. The molecule has 3 rings (SSSR count). The predicted molar refractivity (Wildman–Crippen MR) is 121 cm³/mol. The summed E-state index contributed by atoms with van der Waals surface area (Å²) < 4.78 is 5.17. The van der Waals surface area contributed by atoms with Gasteiger partial charge in [0.25, 0.3) is 17.7 Å². The van der Waals surface area contributed by atoms with Gasteiger partial charge in [-0.3, -0.25) is 24.1 Å². The number of hydrogen-bond donors (Lipinski definition) is 2. The lowest BCUT2D eigenvalue weighted by Gasteiger charge is -2.25. The number of ether oxygens (including phenoxy) is 1. The second-order valence-electron chi connectivity index (χ2n) is 8.09. The summed E-state index contributed by atoms with van der Waals surface area (Å²) in [5.74, 6) is -2.74. The van der Waals surface area contributed by atoms with Crippen LogP contribution in [0.3, 0.4) is 0 Å². The first-order valence-electron chi connectivity index (χ1n) is 10.5. The van der Waals surface area contributed by atoms with Crippen LogP contribution in [-0.4, -0.2) is 47.1 Å². The number of nitrogens with one attached hydrogen (secondary N) is 2. The van der Waals surface area contributed by atoms with E-state index in [0.717, 1.165) is 4.90 Å². The molecular weight excluding hydrogens is 426 g/mol. The largest absolute Gasteiger partial charge is 0.454 e. The Hall–Kier alpha value is -4.01. The number of rotatable bonds is 8. The fraction of sp³-hybridized carbons (Fsp3) is 0.292. The van der Waals surface area contributed by atoms with Gasteiger partial charge in [0.05, 0.1) is 11.1 Å². The van der Waals surface area contributed by atoms with Crippen LogP contribution in [0.4, 0.5) is 11.4 Å². The Balaban J connectivity index is 1.64. The van der Waals surface area contributed by atoms with Crippen LogP contribution < -0.4 is 10.6 Å². The smallest absolute Gasteiger partial charge is 0.329 e. The molecule has 1 aliphatic rings. The van der Waals surface area contributed by atoms with Gasteiger partial charge in [-0.25, -0.2) is 4.79 Å². The number of benzene rings is 2. The molecule has 0 aromatic heterocycles. The molecule has 33 heavy (non-hydrogen) atoms. The minimum Gasteiger partial charge on any atom is -0.454 e. The number of anilines is 2. The predicted octanol–water partition coefficient (Wildman–Crippen LogP) is 2.84. The summed E-state index contributed by atoms with van der Waals surface area (Å²) >= 11 is 0. The van der Waals surface area contributed by atoms with Crippen molar-refractivity contribution in [3.8, 4) is 0 Å². The van der Waals surface area contributed by atoms with Gasteiger partial charge in [-0.2, -0.15) is 0 Å². The van der Waals surface area contributed by atoms with Crippen molar-refractivity contribution in [2.75, 3.05) is 17.2 Å². The summed E-state index contributed by atoms with van der Waals surface area (Å²) in [6, 6.07) is 11.6. The molecule has 0 aliphatic carbocycles. The molecule has 9 nitrogen and oxygen atoms in total. The summed E-state index contributed by atoms with van der Waals surface area (Å²) in [6.07, 6.45) is 0.205. The van der Waals surface area contributed by atoms with E-state index in [1.165, 1.54) is 19.1 Å². The fourth-order valence-electron chi connectivity index (χ4n) is 3.51. The highest BCUT2D eigenvalue weighted by Gasteiger charge is 2.43. The highest BCUT2D eigenvalue weighted by molar-refractivity contribution is 6.22. The summed E-state index contributed by atoms with van der Waals surface area (Å²) in [5, 5.41) is 5.20. The molecule has 1 atom stereocenters. The molecular formula is C24H25N3O6. The maximum absolute atomic E-state index is 12.8. The number of fused-ring (bicyclic) bond motifs is 1. The topological polar surface area (TPSA) is 122 Å². The molecule has 0 radical (unpaired) electrons. The molecule has 172 valence electrons. The Bertz CT molecular complexity index is 1060. The first-order chi connectivity index (χ1) is 15.7. The van der Waals surface area contributed by atoms with E-state index in [1.54, 1.807) is 36.4 Å². The van der Waals surface area contributed by atoms with Crippen LogP contribution in [0.25, 0.3) is 0 Å². The van der Waals surface area contributed by atoms with Crippen molar-refractivity contribution >= 4 is 41.0 Å². The second kappa shape index (κ2) is 10.1. The van der Waals surface area contributed by atoms with Crippen molar-refractivity contribution in [2.24, 2.45) is 5.92 Å². The van der Waals surface area contributed by atoms with Gasteiger partial charge in [0.1, 0.15) is 6.04 Å². The second-order valence-corrected chi connectivity index (χ2v) is 8.09. The van der Waals surface area contributed by atoms with Gasteiger partial charge in [0.15, 0.2) is 6.61 Å². The van der Waals surface area contributed by atoms with Gasteiger partial charge < -0.3 is 15.4 Å². The van der Waals surface area contributed by atoms with Crippen molar-refractivity contribution < 1.29 is 28.7 Å². The number of hydrogen-bond acceptors (Lipinski definition) is 6. The van der Waals surface area contributed by atoms with Crippen LogP contribution in [0.5, 0.6) is 0 Å². The molecule has 0 saturated heterocycles. The highest BCUT2D eigenvalue weighted by atomic mass is 16.5. The zero-order chi connectivity index (χ0) is 24.1. The minimum atomic E-state index is -1.14. The Morgan fingerprint density at radius 3 is 1.88 bits per heavy atom. The monoisotopic (exact) mass is 451 g/mol. The van der Waals surface area contributed by atoms with Crippen molar-refractivity contribution in [3.05, 3.63) is 59.7 Å². The molecule has 0 fully saturated rings.